The van der Waals surface area contributed by atoms with Crippen LogP contribution in [0.3, 0.4) is 0 Å². The lowest BCUT2D eigenvalue weighted by molar-refractivity contribution is 0.188. The fraction of sp³-hybridized carbons (Fsp3) is 0.471. The Morgan fingerprint density at radius 3 is 2.39 bits per heavy atom. The summed E-state index contributed by atoms with van der Waals surface area (Å²) in [7, 11) is 3.28. The first-order valence-electron chi connectivity index (χ1n) is 7.63. The van der Waals surface area contributed by atoms with Crippen LogP contribution in [0.2, 0.25) is 0 Å². The second-order valence-electron chi connectivity index (χ2n) is 5.01. The van der Waals surface area contributed by atoms with Crippen molar-refractivity contribution in [1.82, 2.24) is 0 Å². The van der Waals surface area contributed by atoms with Crippen LogP contribution >= 0.6 is 0 Å². The number of nitrogens with zero attached hydrogens (tertiary/aromatic N) is 1. The second kappa shape index (κ2) is 8.55. The molecule has 1 aromatic heterocycles. The molecule has 6 nitrogen and oxygen atoms in total. The maximum Gasteiger partial charge on any atom is 0.200 e. The van der Waals surface area contributed by atoms with Crippen molar-refractivity contribution in [2.45, 2.75) is 6.92 Å². The van der Waals surface area contributed by atoms with Crippen molar-refractivity contribution in [3.8, 4) is 5.75 Å². The fourth-order valence-electron chi connectivity index (χ4n) is 2.27. The molecule has 0 fully saturated rings. The van der Waals surface area contributed by atoms with Crippen LogP contribution in [0.15, 0.2) is 33.5 Å². The largest absolute Gasteiger partial charge is 0.494 e. The first kappa shape index (κ1) is 17.3. The van der Waals surface area contributed by atoms with Crippen LogP contribution in [0, 0.1) is 0 Å². The van der Waals surface area contributed by atoms with Crippen molar-refractivity contribution >= 4 is 16.9 Å². The number of methoxy groups -OCH3 is 2. The highest BCUT2D eigenvalue weighted by Crippen LogP contribution is 2.23. The summed E-state index contributed by atoms with van der Waals surface area (Å²) in [6, 6.07) is 6.75. The summed E-state index contributed by atoms with van der Waals surface area (Å²) >= 11 is 0. The van der Waals surface area contributed by atoms with Crippen LogP contribution in [0.25, 0.3) is 11.0 Å². The van der Waals surface area contributed by atoms with Gasteiger partial charge in [0.05, 0.1) is 25.2 Å². The maximum atomic E-state index is 12.3. The molecule has 0 saturated carbocycles. The zero-order chi connectivity index (χ0) is 16.7. The molecule has 2 aromatic rings. The molecular weight excluding hydrogens is 298 g/mol. The fourth-order valence-corrected chi connectivity index (χ4v) is 2.27. The number of hydrogen-bond donors (Lipinski definition) is 0. The van der Waals surface area contributed by atoms with Crippen molar-refractivity contribution in [3.63, 3.8) is 0 Å². The third-order valence-electron chi connectivity index (χ3n) is 3.44. The Labute approximate surface area is 135 Å². The van der Waals surface area contributed by atoms with Crippen LogP contribution in [-0.4, -0.2) is 47.1 Å². The van der Waals surface area contributed by atoms with Gasteiger partial charge in [-0.25, -0.2) is 0 Å². The van der Waals surface area contributed by atoms with Gasteiger partial charge in [0.15, 0.2) is 11.3 Å². The van der Waals surface area contributed by atoms with Crippen molar-refractivity contribution in [2.24, 2.45) is 0 Å². The van der Waals surface area contributed by atoms with Gasteiger partial charge in [-0.1, -0.05) is 0 Å². The molecule has 0 atom stereocenters. The van der Waals surface area contributed by atoms with E-state index in [1.165, 1.54) is 6.07 Å². The molecule has 23 heavy (non-hydrogen) atoms. The van der Waals surface area contributed by atoms with Gasteiger partial charge in [0.2, 0.25) is 0 Å². The van der Waals surface area contributed by atoms with Gasteiger partial charge in [-0.15, -0.1) is 0 Å². The van der Waals surface area contributed by atoms with Crippen LogP contribution in [0.1, 0.15) is 6.92 Å². The molecule has 0 aliphatic carbocycles. The van der Waals surface area contributed by atoms with E-state index in [1.54, 1.807) is 32.4 Å². The van der Waals surface area contributed by atoms with E-state index >= 15 is 0 Å². The lowest BCUT2D eigenvalue weighted by atomic mass is 10.2. The summed E-state index contributed by atoms with van der Waals surface area (Å²) < 4.78 is 21.6. The van der Waals surface area contributed by atoms with E-state index in [0.29, 0.717) is 55.5 Å². The minimum atomic E-state index is -0.0795. The van der Waals surface area contributed by atoms with Gasteiger partial charge in [0, 0.05) is 39.4 Å². The van der Waals surface area contributed by atoms with Gasteiger partial charge >= 0.3 is 0 Å². The van der Waals surface area contributed by atoms with E-state index in [9.17, 15) is 4.79 Å². The van der Waals surface area contributed by atoms with E-state index < -0.39 is 0 Å². The molecule has 0 spiro atoms. The molecule has 0 saturated heterocycles. The SMILES string of the molecule is CCOc1ccc2c(=O)cc(N(CCOC)CCOC)oc2c1. The Hall–Kier alpha value is -2.05. The van der Waals surface area contributed by atoms with Crippen molar-refractivity contribution in [2.75, 3.05) is 52.0 Å². The summed E-state index contributed by atoms with van der Waals surface area (Å²) in [6.07, 6.45) is 0. The molecule has 0 aliphatic rings. The average Bonchev–Trinajstić information content (AvgIpc) is 2.55. The molecule has 2 rings (SSSR count). The molecule has 0 aliphatic heterocycles. The number of benzene rings is 1. The molecule has 0 unspecified atom stereocenters. The van der Waals surface area contributed by atoms with Gasteiger partial charge in [-0.2, -0.15) is 0 Å². The Morgan fingerprint density at radius 1 is 1.09 bits per heavy atom. The van der Waals surface area contributed by atoms with Crippen molar-refractivity contribution < 1.29 is 18.6 Å². The molecule has 0 radical (unpaired) electrons. The Balaban J connectivity index is 2.38. The van der Waals surface area contributed by atoms with Crippen molar-refractivity contribution in [3.05, 3.63) is 34.5 Å². The molecule has 0 amide bonds. The Morgan fingerprint density at radius 2 is 1.78 bits per heavy atom. The number of fused-ring (bicyclic) bond motifs is 1. The Bertz CT molecular complexity index is 674. The standard InChI is InChI=1S/C17H23NO5/c1-4-22-13-5-6-14-15(19)12-17(23-16(14)11-13)18(7-9-20-2)8-10-21-3/h5-6,11-12H,4,7-10H2,1-3H3. The summed E-state index contributed by atoms with van der Waals surface area (Å²) in [4.78, 5) is 14.3. The van der Waals surface area contributed by atoms with E-state index in [-0.39, 0.29) is 5.43 Å². The predicted molar refractivity (Wildman–Crippen MR) is 89.6 cm³/mol. The van der Waals surface area contributed by atoms with Crippen LogP contribution in [0.4, 0.5) is 5.88 Å². The Kier molecular flexibility index (Phi) is 6.43. The van der Waals surface area contributed by atoms with Gasteiger partial charge in [-0.3, -0.25) is 4.79 Å². The van der Waals surface area contributed by atoms with E-state index in [0.717, 1.165) is 0 Å². The molecule has 1 aromatic carbocycles. The molecule has 126 valence electrons. The van der Waals surface area contributed by atoms with E-state index in [1.807, 2.05) is 11.8 Å². The van der Waals surface area contributed by atoms with Gasteiger partial charge in [0.25, 0.3) is 0 Å². The zero-order valence-corrected chi connectivity index (χ0v) is 13.8. The molecule has 0 N–H and O–H groups in total. The third kappa shape index (κ3) is 4.46. The highest BCUT2D eigenvalue weighted by molar-refractivity contribution is 5.79. The lowest BCUT2D eigenvalue weighted by Crippen LogP contribution is -2.31. The minimum absolute atomic E-state index is 0.0795. The first-order valence-corrected chi connectivity index (χ1v) is 7.63. The van der Waals surface area contributed by atoms with Crippen LogP contribution in [-0.2, 0) is 9.47 Å². The summed E-state index contributed by atoms with van der Waals surface area (Å²) in [5.74, 6) is 1.19. The maximum absolute atomic E-state index is 12.3. The first-order chi connectivity index (χ1) is 11.2. The van der Waals surface area contributed by atoms with E-state index in [2.05, 4.69) is 0 Å². The highest BCUT2D eigenvalue weighted by Gasteiger charge is 2.12. The molecule has 6 heteroatoms. The van der Waals surface area contributed by atoms with Gasteiger partial charge < -0.3 is 23.5 Å². The number of ether oxygens (including phenoxy) is 3. The van der Waals surface area contributed by atoms with Gasteiger partial charge in [-0.05, 0) is 19.1 Å². The average molecular weight is 321 g/mol. The van der Waals surface area contributed by atoms with Crippen molar-refractivity contribution in [1.29, 1.82) is 0 Å². The lowest BCUT2D eigenvalue weighted by Gasteiger charge is -2.22. The summed E-state index contributed by atoms with van der Waals surface area (Å²) in [5.41, 5.74) is 0.433. The number of anilines is 1. The van der Waals surface area contributed by atoms with Crippen LogP contribution in [0.5, 0.6) is 5.75 Å². The van der Waals surface area contributed by atoms with Gasteiger partial charge in [0.1, 0.15) is 11.3 Å². The predicted octanol–water partition coefficient (Wildman–Crippen LogP) is 2.29. The smallest absolute Gasteiger partial charge is 0.200 e. The number of rotatable bonds is 9. The third-order valence-corrected chi connectivity index (χ3v) is 3.44. The van der Waals surface area contributed by atoms with Crippen LogP contribution < -0.4 is 15.1 Å². The number of hydrogen-bond acceptors (Lipinski definition) is 6. The monoisotopic (exact) mass is 321 g/mol. The highest BCUT2D eigenvalue weighted by atomic mass is 16.5. The topological polar surface area (TPSA) is 61.1 Å². The molecular formula is C17H23NO5. The molecule has 1 heterocycles. The molecule has 0 bridgehead atoms. The second-order valence-corrected chi connectivity index (χ2v) is 5.01. The summed E-state index contributed by atoms with van der Waals surface area (Å²) in [5, 5.41) is 0.538. The normalized spacial score (nSPS) is 10.9. The van der Waals surface area contributed by atoms with E-state index in [4.69, 9.17) is 18.6 Å². The minimum Gasteiger partial charge on any atom is -0.494 e. The summed E-state index contributed by atoms with van der Waals surface area (Å²) in [6.45, 7) is 4.76. The zero-order valence-electron chi connectivity index (χ0n) is 13.8. The quantitative estimate of drug-likeness (QED) is 0.706.